The van der Waals surface area contributed by atoms with Crippen LogP contribution in [0.15, 0.2) is 0 Å². The maximum atomic E-state index is 11.5. The molecule has 0 fully saturated rings. The fourth-order valence-electron chi connectivity index (χ4n) is 1.84. The number of carbonyl (C=O) groups is 1. The first kappa shape index (κ1) is 15.7. The highest BCUT2D eigenvalue weighted by molar-refractivity contribution is 5.86. The first-order valence-electron chi connectivity index (χ1n) is 7.17. The molecule has 0 saturated carbocycles. The molecule has 1 radical (unpaired) electrons. The molecule has 16 heavy (non-hydrogen) atoms. The Morgan fingerprint density at radius 3 is 2.00 bits per heavy atom. The predicted molar refractivity (Wildman–Crippen MR) is 71.4 cm³/mol. The third kappa shape index (κ3) is 11.7. The lowest BCUT2D eigenvalue weighted by Crippen LogP contribution is -1.98. The highest BCUT2D eigenvalue weighted by atomic mass is 16.1. The Bertz CT molecular complexity index is 136. The van der Waals surface area contributed by atoms with Crippen LogP contribution in [0.1, 0.15) is 84.5 Å². The Hall–Kier alpha value is -0.330. The molecule has 0 aromatic carbocycles. The molecule has 0 aromatic heterocycles. The summed E-state index contributed by atoms with van der Waals surface area (Å²) in [5.74, 6) is 0.369. The second-order valence-corrected chi connectivity index (χ2v) is 4.68. The second kappa shape index (κ2) is 12.7. The molecule has 0 spiro atoms. The predicted octanol–water partition coefficient (Wildman–Crippen LogP) is 5.09. The summed E-state index contributed by atoms with van der Waals surface area (Å²) in [5, 5.41) is 0. The van der Waals surface area contributed by atoms with Gasteiger partial charge in [-0.15, -0.1) is 0 Å². The SMILES string of the molecule is CCCCCC[CH]C(=O)CCCCCCC. The smallest absolute Gasteiger partial charge is 0.136 e. The molecule has 95 valence electrons. The lowest BCUT2D eigenvalue weighted by Gasteiger charge is -2.01. The summed E-state index contributed by atoms with van der Waals surface area (Å²) in [6.45, 7) is 4.43. The molecule has 0 heterocycles. The lowest BCUT2D eigenvalue weighted by atomic mass is 10.0. The van der Waals surface area contributed by atoms with Crippen molar-refractivity contribution in [2.75, 3.05) is 0 Å². The molecule has 0 unspecified atom stereocenters. The van der Waals surface area contributed by atoms with Crippen molar-refractivity contribution >= 4 is 5.78 Å². The van der Waals surface area contributed by atoms with Gasteiger partial charge in [0.05, 0.1) is 0 Å². The zero-order valence-corrected chi connectivity index (χ0v) is 11.3. The lowest BCUT2D eigenvalue weighted by molar-refractivity contribution is -0.116. The van der Waals surface area contributed by atoms with Crippen LogP contribution in [-0.4, -0.2) is 5.78 Å². The Morgan fingerprint density at radius 2 is 1.38 bits per heavy atom. The molecular formula is C15H29O. The molecule has 0 rings (SSSR count). The quantitative estimate of drug-likeness (QED) is 0.423. The van der Waals surface area contributed by atoms with E-state index >= 15 is 0 Å². The number of hydrogen-bond acceptors (Lipinski definition) is 1. The number of rotatable bonds is 12. The van der Waals surface area contributed by atoms with E-state index in [9.17, 15) is 4.79 Å². The maximum absolute atomic E-state index is 11.5. The summed E-state index contributed by atoms with van der Waals surface area (Å²) in [5.41, 5.74) is 0. The van der Waals surface area contributed by atoms with E-state index in [1.54, 1.807) is 0 Å². The van der Waals surface area contributed by atoms with Gasteiger partial charge >= 0.3 is 0 Å². The molecule has 0 atom stereocenters. The Balaban J connectivity index is 3.12. The van der Waals surface area contributed by atoms with Gasteiger partial charge in [0.1, 0.15) is 5.78 Å². The van der Waals surface area contributed by atoms with E-state index in [0.717, 1.165) is 19.3 Å². The summed E-state index contributed by atoms with van der Waals surface area (Å²) in [4.78, 5) is 11.5. The summed E-state index contributed by atoms with van der Waals surface area (Å²) < 4.78 is 0. The average molecular weight is 225 g/mol. The van der Waals surface area contributed by atoms with Gasteiger partial charge in [-0.25, -0.2) is 0 Å². The highest BCUT2D eigenvalue weighted by Gasteiger charge is 2.01. The first-order chi connectivity index (χ1) is 7.81. The number of hydrogen-bond donors (Lipinski definition) is 0. The maximum Gasteiger partial charge on any atom is 0.136 e. The van der Waals surface area contributed by atoms with Crippen molar-refractivity contribution in [2.45, 2.75) is 84.5 Å². The average Bonchev–Trinajstić information content (AvgIpc) is 2.28. The van der Waals surface area contributed by atoms with E-state index in [1.807, 2.05) is 6.42 Å². The van der Waals surface area contributed by atoms with E-state index in [4.69, 9.17) is 0 Å². The van der Waals surface area contributed by atoms with Crippen LogP contribution in [0.25, 0.3) is 0 Å². The van der Waals surface area contributed by atoms with Gasteiger partial charge in [0, 0.05) is 12.8 Å². The van der Waals surface area contributed by atoms with Gasteiger partial charge in [0.25, 0.3) is 0 Å². The van der Waals surface area contributed by atoms with Gasteiger partial charge < -0.3 is 0 Å². The normalized spacial score (nSPS) is 10.6. The molecule has 1 nitrogen and oxygen atoms in total. The molecule has 0 aliphatic heterocycles. The van der Waals surface area contributed by atoms with E-state index in [-0.39, 0.29) is 0 Å². The number of unbranched alkanes of at least 4 members (excludes halogenated alkanes) is 8. The van der Waals surface area contributed by atoms with Crippen molar-refractivity contribution in [1.29, 1.82) is 0 Å². The zero-order chi connectivity index (χ0) is 12.1. The Morgan fingerprint density at radius 1 is 0.812 bits per heavy atom. The molecular weight excluding hydrogens is 196 g/mol. The molecule has 0 N–H and O–H groups in total. The highest BCUT2D eigenvalue weighted by Crippen LogP contribution is 2.09. The topological polar surface area (TPSA) is 17.1 Å². The zero-order valence-electron chi connectivity index (χ0n) is 11.3. The minimum Gasteiger partial charge on any atom is -0.299 e. The Labute approximate surface area is 102 Å². The van der Waals surface area contributed by atoms with E-state index in [1.165, 1.54) is 51.4 Å². The van der Waals surface area contributed by atoms with E-state index in [2.05, 4.69) is 13.8 Å². The van der Waals surface area contributed by atoms with Crippen LogP contribution in [-0.2, 0) is 4.79 Å². The molecule has 0 aliphatic rings. The van der Waals surface area contributed by atoms with E-state index in [0.29, 0.717) is 5.78 Å². The summed E-state index contributed by atoms with van der Waals surface area (Å²) in [6, 6.07) is 0. The largest absolute Gasteiger partial charge is 0.299 e. The van der Waals surface area contributed by atoms with Crippen molar-refractivity contribution in [2.24, 2.45) is 0 Å². The van der Waals surface area contributed by atoms with Crippen LogP contribution in [0, 0.1) is 6.42 Å². The first-order valence-corrected chi connectivity index (χ1v) is 7.17. The van der Waals surface area contributed by atoms with Crippen LogP contribution in [0.3, 0.4) is 0 Å². The van der Waals surface area contributed by atoms with Crippen molar-refractivity contribution in [1.82, 2.24) is 0 Å². The monoisotopic (exact) mass is 225 g/mol. The van der Waals surface area contributed by atoms with Gasteiger partial charge in [-0.3, -0.25) is 4.79 Å². The number of ketones is 1. The fraction of sp³-hybridized carbons (Fsp3) is 0.867. The van der Waals surface area contributed by atoms with Gasteiger partial charge in [0.2, 0.25) is 0 Å². The van der Waals surface area contributed by atoms with E-state index < -0.39 is 0 Å². The van der Waals surface area contributed by atoms with Crippen molar-refractivity contribution in [3.05, 3.63) is 6.42 Å². The third-order valence-electron chi connectivity index (χ3n) is 2.96. The van der Waals surface area contributed by atoms with Crippen LogP contribution < -0.4 is 0 Å². The summed E-state index contributed by atoms with van der Waals surface area (Å²) in [7, 11) is 0. The summed E-state index contributed by atoms with van der Waals surface area (Å²) >= 11 is 0. The summed E-state index contributed by atoms with van der Waals surface area (Å²) in [6.07, 6.45) is 14.9. The molecule has 0 amide bonds. The van der Waals surface area contributed by atoms with Crippen LogP contribution in [0.4, 0.5) is 0 Å². The number of Topliss-reactive ketones (excluding diaryl/α,β-unsaturated/α-hetero) is 1. The molecule has 0 bridgehead atoms. The van der Waals surface area contributed by atoms with Crippen molar-refractivity contribution < 1.29 is 4.79 Å². The fourth-order valence-corrected chi connectivity index (χ4v) is 1.84. The van der Waals surface area contributed by atoms with Crippen LogP contribution in [0.2, 0.25) is 0 Å². The third-order valence-corrected chi connectivity index (χ3v) is 2.96. The minimum absolute atomic E-state index is 0.369. The minimum atomic E-state index is 0.369. The second-order valence-electron chi connectivity index (χ2n) is 4.68. The van der Waals surface area contributed by atoms with Gasteiger partial charge in [-0.05, 0) is 12.8 Å². The molecule has 0 aromatic rings. The molecule has 0 aliphatic carbocycles. The standard InChI is InChI=1S/C15H29O/c1-3-5-7-9-11-13-15(16)14-12-10-8-6-4-2/h13H,3-12,14H2,1-2H3. The van der Waals surface area contributed by atoms with Gasteiger partial charge in [-0.2, -0.15) is 0 Å². The molecule has 1 heteroatoms. The Kier molecular flexibility index (Phi) is 12.5. The van der Waals surface area contributed by atoms with Crippen molar-refractivity contribution in [3.8, 4) is 0 Å². The van der Waals surface area contributed by atoms with Crippen LogP contribution >= 0.6 is 0 Å². The number of carbonyl (C=O) groups excluding carboxylic acids is 1. The van der Waals surface area contributed by atoms with Gasteiger partial charge in [-0.1, -0.05) is 65.2 Å². The van der Waals surface area contributed by atoms with Gasteiger partial charge in [0.15, 0.2) is 0 Å². The van der Waals surface area contributed by atoms with Crippen molar-refractivity contribution in [3.63, 3.8) is 0 Å². The van der Waals surface area contributed by atoms with Crippen LogP contribution in [0.5, 0.6) is 0 Å². The molecule has 0 saturated heterocycles.